The zero-order valence-corrected chi connectivity index (χ0v) is 13.2. The Morgan fingerprint density at radius 1 is 1.17 bits per heavy atom. The van der Waals surface area contributed by atoms with Crippen LogP contribution in [0.1, 0.15) is 33.6 Å². The van der Waals surface area contributed by atoms with Crippen LogP contribution in [0.25, 0.3) is 0 Å². The fraction of sp³-hybridized carbons (Fsp3) is 0.375. The molecule has 1 aliphatic heterocycles. The minimum Gasteiger partial charge on any atom is -0.338 e. The van der Waals surface area contributed by atoms with Gasteiger partial charge in [0.2, 0.25) is 6.41 Å². The fourth-order valence-electron chi connectivity index (χ4n) is 2.44. The molecular formula is C16H20N4O4. The van der Waals surface area contributed by atoms with E-state index in [2.05, 4.69) is 5.32 Å². The van der Waals surface area contributed by atoms with Gasteiger partial charge in [-0.25, -0.2) is 4.79 Å². The van der Waals surface area contributed by atoms with Crippen molar-refractivity contribution in [2.45, 2.75) is 12.8 Å². The summed E-state index contributed by atoms with van der Waals surface area (Å²) in [7, 11) is 0. The van der Waals surface area contributed by atoms with Gasteiger partial charge in [-0.3, -0.25) is 24.2 Å². The smallest absolute Gasteiger partial charge is 0.323 e. The first-order valence-corrected chi connectivity index (χ1v) is 7.75. The number of nitrogens with one attached hydrogen (secondary N) is 1. The van der Waals surface area contributed by atoms with Crippen LogP contribution >= 0.6 is 0 Å². The van der Waals surface area contributed by atoms with E-state index < -0.39 is 6.03 Å². The molecule has 24 heavy (non-hydrogen) atoms. The molecule has 128 valence electrons. The highest BCUT2D eigenvalue weighted by atomic mass is 16.2. The standard InChI is InChI=1S/C16H20N4O4/c17-7-3-9-19(11-21)16(24)18-8-4-10-20-14(22)12-5-1-2-6-13(12)15(20)23/h1-2,5-6,11H,3-4,7-10,17H2,(H,18,24). The maximum atomic E-state index is 12.2. The Bertz CT molecular complexity index is 612. The molecular weight excluding hydrogens is 312 g/mol. The lowest BCUT2D eigenvalue weighted by molar-refractivity contribution is -0.115. The number of nitrogens with zero attached hydrogens (tertiary/aromatic N) is 2. The molecule has 0 saturated carbocycles. The van der Waals surface area contributed by atoms with Gasteiger partial charge in [0.05, 0.1) is 11.1 Å². The van der Waals surface area contributed by atoms with Crippen LogP contribution < -0.4 is 11.1 Å². The summed E-state index contributed by atoms with van der Waals surface area (Å²) in [5.74, 6) is -0.640. The van der Waals surface area contributed by atoms with Gasteiger partial charge in [0.15, 0.2) is 0 Å². The van der Waals surface area contributed by atoms with Crippen LogP contribution in [0.15, 0.2) is 24.3 Å². The summed E-state index contributed by atoms with van der Waals surface area (Å²) in [6.07, 6.45) is 1.39. The topological polar surface area (TPSA) is 113 Å². The largest absolute Gasteiger partial charge is 0.338 e. The molecule has 8 nitrogen and oxygen atoms in total. The van der Waals surface area contributed by atoms with Crippen molar-refractivity contribution < 1.29 is 19.2 Å². The molecule has 1 aliphatic rings. The van der Waals surface area contributed by atoms with Crippen molar-refractivity contribution in [2.24, 2.45) is 5.73 Å². The predicted molar refractivity (Wildman–Crippen MR) is 86.3 cm³/mol. The summed E-state index contributed by atoms with van der Waals surface area (Å²) in [6.45, 7) is 1.09. The second-order valence-corrected chi connectivity index (χ2v) is 5.33. The van der Waals surface area contributed by atoms with Gasteiger partial charge >= 0.3 is 6.03 Å². The number of rotatable bonds is 8. The second kappa shape index (κ2) is 8.21. The van der Waals surface area contributed by atoms with E-state index in [0.717, 1.165) is 4.90 Å². The van der Waals surface area contributed by atoms with Gasteiger partial charge in [-0.2, -0.15) is 0 Å². The van der Waals surface area contributed by atoms with Crippen LogP contribution in [0.4, 0.5) is 4.79 Å². The zero-order valence-electron chi connectivity index (χ0n) is 13.2. The minimum atomic E-state index is -0.513. The number of nitrogens with two attached hydrogens (primary N) is 1. The molecule has 0 aromatic heterocycles. The van der Waals surface area contributed by atoms with Gasteiger partial charge in [0, 0.05) is 19.6 Å². The molecule has 1 aromatic rings. The molecule has 0 bridgehead atoms. The van der Waals surface area contributed by atoms with E-state index in [-0.39, 0.29) is 31.4 Å². The average molecular weight is 332 g/mol. The number of hydrogen-bond acceptors (Lipinski definition) is 5. The van der Waals surface area contributed by atoms with E-state index in [1.54, 1.807) is 24.3 Å². The number of carbonyl (C=O) groups excluding carboxylic acids is 4. The number of fused-ring (bicyclic) bond motifs is 1. The third-order valence-electron chi connectivity index (χ3n) is 3.70. The Morgan fingerprint density at radius 3 is 2.33 bits per heavy atom. The summed E-state index contributed by atoms with van der Waals surface area (Å²) in [5.41, 5.74) is 6.15. The van der Waals surface area contributed by atoms with Crippen molar-refractivity contribution in [3.8, 4) is 0 Å². The summed E-state index contributed by atoms with van der Waals surface area (Å²) in [6, 6.07) is 6.15. The zero-order chi connectivity index (χ0) is 17.5. The predicted octanol–water partition coefficient (Wildman–Crippen LogP) is 0.190. The Balaban J connectivity index is 1.79. The number of amides is 5. The summed E-state index contributed by atoms with van der Waals surface area (Å²) < 4.78 is 0. The van der Waals surface area contributed by atoms with Crippen LogP contribution in [-0.4, -0.2) is 60.2 Å². The molecule has 0 atom stereocenters. The Morgan fingerprint density at radius 2 is 1.79 bits per heavy atom. The third kappa shape index (κ3) is 3.77. The molecule has 0 fully saturated rings. The Labute approximate surface area is 139 Å². The molecule has 1 aromatic carbocycles. The Kier molecular flexibility index (Phi) is 6.02. The first kappa shape index (κ1) is 17.6. The van der Waals surface area contributed by atoms with Gasteiger partial charge in [-0.15, -0.1) is 0 Å². The summed E-state index contributed by atoms with van der Waals surface area (Å²) in [5, 5.41) is 2.58. The van der Waals surface area contributed by atoms with Crippen molar-refractivity contribution >= 4 is 24.3 Å². The van der Waals surface area contributed by atoms with Crippen molar-refractivity contribution in [2.75, 3.05) is 26.2 Å². The number of imide groups is 2. The number of urea groups is 1. The molecule has 1 heterocycles. The maximum Gasteiger partial charge on any atom is 0.323 e. The SMILES string of the molecule is NCCCN(C=O)C(=O)NCCCN1C(=O)c2ccccc2C1=O. The number of benzene rings is 1. The van der Waals surface area contributed by atoms with Crippen LogP contribution in [0.5, 0.6) is 0 Å². The molecule has 0 aliphatic carbocycles. The van der Waals surface area contributed by atoms with E-state index in [0.29, 0.717) is 36.9 Å². The molecule has 0 saturated heterocycles. The van der Waals surface area contributed by atoms with Crippen molar-refractivity contribution in [3.63, 3.8) is 0 Å². The van der Waals surface area contributed by atoms with Gasteiger partial charge in [-0.05, 0) is 31.5 Å². The average Bonchev–Trinajstić information content (AvgIpc) is 2.84. The van der Waals surface area contributed by atoms with E-state index in [1.165, 1.54) is 4.90 Å². The molecule has 5 amide bonds. The summed E-state index contributed by atoms with van der Waals surface area (Å²) in [4.78, 5) is 49.1. The molecule has 0 unspecified atom stereocenters. The van der Waals surface area contributed by atoms with Crippen LogP contribution in [0, 0.1) is 0 Å². The highest BCUT2D eigenvalue weighted by molar-refractivity contribution is 6.21. The van der Waals surface area contributed by atoms with Crippen molar-refractivity contribution in [1.29, 1.82) is 0 Å². The molecule has 0 radical (unpaired) electrons. The number of hydrogen-bond donors (Lipinski definition) is 2. The first-order chi connectivity index (χ1) is 11.6. The monoisotopic (exact) mass is 332 g/mol. The van der Waals surface area contributed by atoms with Gasteiger partial charge < -0.3 is 11.1 Å². The van der Waals surface area contributed by atoms with E-state index in [9.17, 15) is 19.2 Å². The number of carbonyl (C=O) groups is 4. The third-order valence-corrected chi connectivity index (χ3v) is 3.70. The molecule has 3 N–H and O–H groups in total. The highest BCUT2D eigenvalue weighted by Gasteiger charge is 2.34. The second-order valence-electron chi connectivity index (χ2n) is 5.33. The van der Waals surface area contributed by atoms with Crippen LogP contribution in [0.2, 0.25) is 0 Å². The van der Waals surface area contributed by atoms with Gasteiger partial charge in [0.25, 0.3) is 11.8 Å². The molecule has 0 spiro atoms. The first-order valence-electron chi connectivity index (χ1n) is 7.75. The molecule has 2 rings (SSSR count). The van der Waals surface area contributed by atoms with Crippen molar-refractivity contribution in [3.05, 3.63) is 35.4 Å². The normalized spacial score (nSPS) is 13.0. The minimum absolute atomic E-state index is 0.205. The lowest BCUT2D eigenvalue weighted by Crippen LogP contribution is -2.41. The Hall–Kier alpha value is -2.74. The maximum absolute atomic E-state index is 12.2. The van der Waals surface area contributed by atoms with Crippen molar-refractivity contribution in [1.82, 2.24) is 15.1 Å². The summed E-state index contributed by atoms with van der Waals surface area (Å²) >= 11 is 0. The van der Waals surface area contributed by atoms with Gasteiger partial charge in [0.1, 0.15) is 0 Å². The highest BCUT2D eigenvalue weighted by Crippen LogP contribution is 2.22. The quantitative estimate of drug-likeness (QED) is 0.401. The fourth-order valence-corrected chi connectivity index (χ4v) is 2.44. The van der Waals surface area contributed by atoms with E-state index >= 15 is 0 Å². The van der Waals surface area contributed by atoms with Crippen LogP contribution in [-0.2, 0) is 4.79 Å². The van der Waals surface area contributed by atoms with E-state index in [4.69, 9.17) is 5.73 Å². The molecule has 8 heteroatoms. The van der Waals surface area contributed by atoms with Gasteiger partial charge in [-0.1, -0.05) is 12.1 Å². The van der Waals surface area contributed by atoms with E-state index in [1.807, 2.05) is 0 Å². The van der Waals surface area contributed by atoms with Crippen LogP contribution in [0.3, 0.4) is 0 Å². The lowest BCUT2D eigenvalue weighted by atomic mass is 10.1. The lowest BCUT2D eigenvalue weighted by Gasteiger charge is -2.17.